The van der Waals surface area contributed by atoms with E-state index in [0.717, 1.165) is 10.5 Å². The highest BCUT2D eigenvalue weighted by Gasteiger charge is 2.35. The van der Waals surface area contributed by atoms with Crippen molar-refractivity contribution in [3.8, 4) is 0 Å². The van der Waals surface area contributed by atoms with E-state index in [9.17, 15) is 14.4 Å². The number of amides is 3. The topological polar surface area (TPSA) is 66.9 Å². The van der Waals surface area contributed by atoms with Crippen LogP contribution >= 0.6 is 23.6 Å². The van der Waals surface area contributed by atoms with Crippen molar-refractivity contribution in [1.29, 1.82) is 0 Å². The molecule has 0 saturated heterocycles. The normalized spacial score (nSPS) is 12.6. The smallest absolute Gasteiger partial charge is 0.275 e. The molecule has 8 heteroatoms. The standard InChI is InChI=1S/C23H18N2O4S2/c1-15-8-10-16(11-9-15)25(22(28)19-7-4-14-31-19)23(30)29-13-12-24-20(26)17-5-2-3-6-18(17)21(24)27/h2-11,14H,12-13H2,1H3. The van der Waals surface area contributed by atoms with Crippen LogP contribution in [0.4, 0.5) is 5.69 Å². The first-order chi connectivity index (χ1) is 15.0. The number of nitrogens with zero attached hydrogens (tertiary/aromatic N) is 2. The monoisotopic (exact) mass is 450 g/mol. The molecule has 0 radical (unpaired) electrons. The van der Waals surface area contributed by atoms with Crippen molar-refractivity contribution >= 4 is 52.1 Å². The number of hydrogen-bond donors (Lipinski definition) is 0. The van der Waals surface area contributed by atoms with E-state index in [2.05, 4.69) is 0 Å². The van der Waals surface area contributed by atoms with Gasteiger partial charge < -0.3 is 4.74 Å². The average Bonchev–Trinajstić information content (AvgIpc) is 3.39. The van der Waals surface area contributed by atoms with Crippen molar-refractivity contribution in [2.24, 2.45) is 0 Å². The Morgan fingerprint density at radius 1 is 1.00 bits per heavy atom. The van der Waals surface area contributed by atoms with Crippen LogP contribution in [0, 0.1) is 6.92 Å². The molecule has 2 aromatic carbocycles. The third-order valence-electron chi connectivity index (χ3n) is 4.83. The van der Waals surface area contributed by atoms with Crippen LogP contribution in [0.15, 0.2) is 66.0 Å². The van der Waals surface area contributed by atoms with Crippen LogP contribution in [-0.4, -0.2) is 40.9 Å². The lowest BCUT2D eigenvalue weighted by Crippen LogP contribution is -2.39. The summed E-state index contributed by atoms with van der Waals surface area (Å²) in [6, 6.07) is 17.5. The number of carbonyl (C=O) groups excluding carboxylic acids is 3. The Balaban J connectivity index is 1.47. The summed E-state index contributed by atoms with van der Waals surface area (Å²) < 4.78 is 5.66. The maximum absolute atomic E-state index is 13.1. The maximum Gasteiger partial charge on any atom is 0.275 e. The minimum Gasteiger partial charge on any atom is -0.468 e. The van der Waals surface area contributed by atoms with E-state index in [1.165, 1.54) is 16.2 Å². The number of thiocarbonyl (C=S) groups is 1. The van der Waals surface area contributed by atoms with Gasteiger partial charge in [0.15, 0.2) is 0 Å². The lowest BCUT2D eigenvalue weighted by Gasteiger charge is -2.23. The highest BCUT2D eigenvalue weighted by molar-refractivity contribution is 7.80. The van der Waals surface area contributed by atoms with Crippen molar-refractivity contribution in [3.63, 3.8) is 0 Å². The number of ether oxygens (including phenoxy) is 1. The molecule has 6 nitrogen and oxygen atoms in total. The van der Waals surface area contributed by atoms with E-state index in [0.29, 0.717) is 21.7 Å². The molecule has 0 fully saturated rings. The van der Waals surface area contributed by atoms with Crippen LogP contribution in [-0.2, 0) is 4.74 Å². The van der Waals surface area contributed by atoms with Gasteiger partial charge in [0, 0.05) is 0 Å². The predicted octanol–water partition coefficient (Wildman–Crippen LogP) is 4.30. The van der Waals surface area contributed by atoms with Gasteiger partial charge in [-0.2, -0.15) is 0 Å². The molecule has 0 spiro atoms. The van der Waals surface area contributed by atoms with Gasteiger partial charge in [-0.3, -0.25) is 19.3 Å². The van der Waals surface area contributed by atoms with Crippen LogP contribution in [0.1, 0.15) is 36.0 Å². The number of imide groups is 1. The molecule has 3 aromatic rings. The molecule has 31 heavy (non-hydrogen) atoms. The fourth-order valence-corrected chi connectivity index (χ4v) is 4.17. The summed E-state index contributed by atoms with van der Waals surface area (Å²) in [5, 5.41) is 1.77. The van der Waals surface area contributed by atoms with Crippen molar-refractivity contribution < 1.29 is 19.1 Å². The van der Waals surface area contributed by atoms with Crippen molar-refractivity contribution in [1.82, 2.24) is 4.90 Å². The van der Waals surface area contributed by atoms with Gasteiger partial charge in [0.2, 0.25) is 0 Å². The largest absolute Gasteiger partial charge is 0.468 e. The summed E-state index contributed by atoms with van der Waals surface area (Å²) in [4.78, 5) is 41.0. The molecule has 0 N–H and O–H groups in total. The molecule has 3 amide bonds. The highest BCUT2D eigenvalue weighted by atomic mass is 32.1. The Hall–Kier alpha value is -3.36. The fourth-order valence-electron chi connectivity index (χ4n) is 3.24. The Morgan fingerprint density at radius 3 is 2.23 bits per heavy atom. The molecule has 1 aliphatic heterocycles. The van der Waals surface area contributed by atoms with Crippen molar-refractivity contribution in [2.45, 2.75) is 6.92 Å². The molecule has 0 unspecified atom stereocenters. The summed E-state index contributed by atoms with van der Waals surface area (Å²) >= 11 is 6.72. The number of benzene rings is 2. The summed E-state index contributed by atoms with van der Waals surface area (Å²) in [5.41, 5.74) is 2.38. The van der Waals surface area contributed by atoms with Crippen LogP contribution < -0.4 is 4.90 Å². The molecule has 2 heterocycles. The third kappa shape index (κ3) is 4.12. The van der Waals surface area contributed by atoms with Crippen molar-refractivity contribution in [3.05, 3.63) is 87.6 Å². The van der Waals surface area contributed by atoms with Gasteiger partial charge in [-0.15, -0.1) is 11.3 Å². The summed E-state index contributed by atoms with van der Waals surface area (Å²) in [7, 11) is 0. The number of thiophene rings is 1. The van der Waals surface area contributed by atoms with Gasteiger partial charge in [-0.05, 0) is 54.9 Å². The number of carbonyl (C=O) groups is 3. The molecule has 0 bridgehead atoms. The summed E-state index contributed by atoms with van der Waals surface area (Å²) in [6.45, 7) is 1.96. The first-order valence-corrected chi connectivity index (χ1v) is 10.8. The third-order valence-corrected chi connectivity index (χ3v) is 5.99. The van der Waals surface area contributed by atoms with Gasteiger partial charge in [0.05, 0.1) is 28.2 Å². The van der Waals surface area contributed by atoms with Gasteiger partial charge in [0.25, 0.3) is 22.9 Å². The van der Waals surface area contributed by atoms with E-state index in [4.69, 9.17) is 17.0 Å². The Morgan fingerprint density at radius 2 is 1.65 bits per heavy atom. The van der Waals surface area contributed by atoms with Crippen LogP contribution in [0.5, 0.6) is 0 Å². The van der Waals surface area contributed by atoms with E-state index < -0.39 is 0 Å². The highest BCUT2D eigenvalue weighted by Crippen LogP contribution is 2.23. The van der Waals surface area contributed by atoms with E-state index in [1.54, 1.807) is 48.5 Å². The van der Waals surface area contributed by atoms with E-state index in [-0.39, 0.29) is 36.0 Å². The number of rotatable bonds is 5. The Kier molecular flexibility index (Phi) is 5.92. The summed E-state index contributed by atoms with van der Waals surface area (Å²) in [6.07, 6.45) is 0. The molecule has 4 rings (SSSR count). The molecule has 1 aliphatic rings. The van der Waals surface area contributed by atoms with Gasteiger partial charge in [0.1, 0.15) is 6.61 Å². The molecule has 0 aliphatic carbocycles. The second kappa shape index (κ2) is 8.79. The minimum atomic E-state index is -0.361. The van der Waals surface area contributed by atoms with Crippen LogP contribution in [0.2, 0.25) is 0 Å². The first-order valence-electron chi connectivity index (χ1n) is 9.54. The lowest BCUT2D eigenvalue weighted by molar-refractivity contribution is 0.0627. The first kappa shape index (κ1) is 20.9. The van der Waals surface area contributed by atoms with Gasteiger partial charge >= 0.3 is 0 Å². The molecule has 0 saturated carbocycles. The summed E-state index contributed by atoms with van der Waals surface area (Å²) in [5.74, 6) is -1.02. The second-order valence-electron chi connectivity index (χ2n) is 6.88. The van der Waals surface area contributed by atoms with Gasteiger partial charge in [-0.25, -0.2) is 4.90 Å². The van der Waals surface area contributed by atoms with E-state index in [1.807, 2.05) is 24.4 Å². The predicted molar refractivity (Wildman–Crippen MR) is 123 cm³/mol. The van der Waals surface area contributed by atoms with E-state index >= 15 is 0 Å². The fraction of sp³-hybridized carbons (Fsp3) is 0.130. The number of anilines is 1. The van der Waals surface area contributed by atoms with Crippen LogP contribution in [0.25, 0.3) is 0 Å². The quantitative estimate of drug-likeness (QED) is 0.428. The lowest BCUT2D eigenvalue weighted by atomic mass is 10.1. The zero-order valence-electron chi connectivity index (χ0n) is 16.6. The Labute approximate surface area is 188 Å². The average molecular weight is 451 g/mol. The Bertz CT molecular complexity index is 1120. The molecular weight excluding hydrogens is 432 g/mol. The number of hydrogen-bond acceptors (Lipinski definition) is 6. The molecule has 156 valence electrons. The maximum atomic E-state index is 13.1. The molecule has 1 aromatic heterocycles. The zero-order chi connectivity index (χ0) is 22.0. The zero-order valence-corrected chi connectivity index (χ0v) is 18.2. The van der Waals surface area contributed by atoms with Crippen molar-refractivity contribution in [2.75, 3.05) is 18.1 Å². The molecule has 0 atom stereocenters. The number of fused-ring (bicyclic) bond motifs is 1. The van der Waals surface area contributed by atoms with Gasteiger partial charge in [-0.1, -0.05) is 35.9 Å². The second-order valence-corrected chi connectivity index (χ2v) is 8.17. The SMILES string of the molecule is Cc1ccc(N(C(=O)c2cccs2)C(=S)OCCN2C(=O)c3ccccc3C2=O)cc1. The minimum absolute atomic E-state index is 0.0234. The van der Waals surface area contributed by atoms with Crippen LogP contribution in [0.3, 0.4) is 0 Å². The molecular formula is C23H18N2O4S2. The number of aryl methyl sites for hydroxylation is 1.